The van der Waals surface area contributed by atoms with Crippen molar-refractivity contribution in [3.63, 3.8) is 0 Å². The van der Waals surface area contributed by atoms with E-state index >= 15 is 0 Å². The van der Waals surface area contributed by atoms with Crippen LogP contribution < -0.4 is 18.9 Å². The van der Waals surface area contributed by atoms with Gasteiger partial charge in [0.15, 0.2) is 23.0 Å². The summed E-state index contributed by atoms with van der Waals surface area (Å²) in [7, 11) is -1.19. The van der Waals surface area contributed by atoms with Crippen LogP contribution in [0.25, 0.3) is 11.8 Å². The highest BCUT2D eigenvalue weighted by Gasteiger charge is 2.30. The van der Waals surface area contributed by atoms with Gasteiger partial charge in [0.25, 0.3) is 0 Å². The summed E-state index contributed by atoms with van der Waals surface area (Å²) >= 11 is 0. The molecule has 1 atom stereocenters. The Hall–Kier alpha value is -2.82. The normalized spacial score (nSPS) is 22.4. The second-order valence-corrected chi connectivity index (χ2v) is 6.17. The fourth-order valence-electron chi connectivity index (χ4n) is 3.66. The van der Waals surface area contributed by atoms with E-state index in [0.717, 1.165) is 34.6 Å². The van der Waals surface area contributed by atoms with Crippen molar-refractivity contribution < 1.29 is 24.4 Å². The van der Waals surface area contributed by atoms with Crippen molar-refractivity contribution in [3.8, 4) is 23.0 Å². The summed E-state index contributed by atoms with van der Waals surface area (Å²) in [5, 5.41) is 0. The Labute approximate surface area is 152 Å². The van der Waals surface area contributed by atoms with Gasteiger partial charge in [-0.05, 0) is 41.8 Å². The molecule has 0 N–H and O–H groups in total. The molecule has 25 heavy (non-hydrogen) atoms. The van der Waals surface area contributed by atoms with Gasteiger partial charge >= 0.3 is 0 Å². The molecule has 5 heteroatoms. The van der Waals surface area contributed by atoms with E-state index in [9.17, 15) is 0 Å². The zero-order valence-corrected chi connectivity index (χ0v) is 13.7. The number of methoxy groups -OCH3 is 2. The molecule has 0 amide bonds. The van der Waals surface area contributed by atoms with Gasteiger partial charge in [-0.3, -0.25) is 0 Å². The zero-order chi connectivity index (χ0) is 20.3. The predicted octanol–water partition coefficient (Wildman–Crippen LogP) is 3.30. The summed E-state index contributed by atoms with van der Waals surface area (Å²) in [5.41, 5.74) is 4.27. The first-order chi connectivity index (χ1) is 13.9. The average Bonchev–Trinajstić information content (AvgIpc) is 3.12. The number of fused-ring (bicyclic) bond motifs is 5. The Morgan fingerprint density at radius 3 is 2.92 bits per heavy atom. The van der Waals surface area contributed by atoms with Crippen molar-refractivity contribution in [3.05, 3.63) is 46.5 Å². The van der Waals surface area contributed by atoms with Crippen LogP contribution in [-0.2, 0) is 12.9 Å². The zero-order valence-electron chi connectivity index (χ0n) is 17.7. The van der Waals surface area contributed by atoms with Crippen LogP contribution in [0.1, 0.15) is 27.7 Å². The second-order valence-electron chi connectivity index (χ2n) is 6.17. The van der Waals surface area contributed by atoms with Crippen LogP contribution in [0.2, 0.25) is 0 Å². The van der Waals surface area contributed by atoms with E-state index in [2.05, 4.69) is 0 Å². The smallest absolute Gasteiger partial charge is 0.231 e. The number of ether oxygens (including phenoxy) is 4. The summed E-state index contributed by atoms with van der Waals surface area (Å²) < 4.78 is 53.0. The first-order valence-corrected chi connectivity index (χ1v) is 8.09. The summed E-state index contributed by atoms with van der Waals surface area (Å²) in [6.07, 6.45) is 2.71. The van der Waals surface area contributed by atoms with E-state index in [1.807, 2.05) is 29.2 Å². The van der Waals surface area contributed by atoms with Crippen molar-refractivity contribution >= 4 is 11.8 Å². The highest BCUT2D eigenvalue weighted by Crippen LogP contribution is 2.45. The molecular weight excluding hydrogens is 318 g/mol. The minimum atomic E-state index is -2.64. The molecule has 2 aromatic rings. The van der Waals surface area contributed by atoms with Crippen molar-refractivity contribution in [2.45, 2.75) is 12.9 Å². The van der Waals surface area contributed by atoms with Gasteiger partial charge < -0.3 is 23.8 Å². The van der Waals surface area contributed by atoms with Crippen LogP contribution in [-0.4, -0.2) is 32.4 Å². The van der Waals surface area contributed by atoms with E-state index in [0.29, 0.717) is 23.6 Å². The van der Waals surface area contributed by atoms with Gasteiger partial charge in [0.2, 0.25) is 6.79 Å². The van der Waals surface area contributed by atoms with Gasteiger partial charge in [-0.15, -0.1) is 0 Å². The minimum absolute atomic E-state index is 0.0942. The van der Waals surface area contributed by atoms with Crippen molar-refractivity contribution in [1.29, 1.82) is 0 Å². The number of hydrogen-bond donors (Lipinski definition) is 0. The quantitative estimate of drug-likeness (QED) is 0.838. The van der Waals surface area contributed by atoms with Gasteiger partial charge in [0, 0.05) is 29.9 Å². The van der Waals surface area contributed by atoms with Crippen LogP contribution >= 0.6 is 0 Å². The van der Waals surface area contributed by atoms with Crippen LogP contribution in [0.15, 0.2) is 24.3 Å². The molecule has 3 aliphatic heterocycles. The fraction of sp³-hybridized carbons (Fsp3) is 0.300. The van der Waals surface area contributed by atoms with Crippen LogP contribution in [0.5, 0.6) is 23.0 Å². The van der Waals surface area contributed by atoms with Crippen molar-refractivity contribution in [2.24, 2.45) is 0 Å². The molecule has 0 aromatic heterocycles. The largest absolute Gasteiger partial charge is 0.493 e. The Morgan fingerprint density at radius 1 is 1.20 bits per heavy atom. The molecule has 0 saturated heterocycles. The fourth-order valence-corrected chi connectivity index (χ4v) is 3.66. The lowest BCUT2D eigenvalue weighted by atomic mass is 9.90. The van der Waals surface area contributed by atoms with Crippen LogP contribution in [0.3, 0.4) is 0 Å². The first-order valence-electron chi connectivity index (χ1n) is 10.2. The molecule has 5 nitrogen and oxygen atoms in total. The molecular formula is C20H19NO4. The molecule has 128 valence electrons. The second kappa shape index (κ2) is 5.34. The molecule has 5 rings (SSSR count). The molecule has 3 aliphatic rings. The van der Waals surface area contributed by atoms with Gasteiger partial charge in [-0.2, -0.15) is 0 Å². The third-order valence-corrected chi connectivity index (χ3v) is 4.90. The highest BCUT2D eigenvalue weighted by atomic mass is 16.7. The third-order valence-electron chi connectivity index (χ3n) is 4.90. The number of nitrogens with zero attached hydrogens (tertiary/aromatic N) is 1. The molecule has 0 radical (unpaired) electrons. The topological polar surface area (TPSA) is 40.2 Å². The number of rotatable bonds is 2. The molecule has 3 heterocycles. The lowest BCUT2D eigenvalue weighted by Crippen LogP contribution is -2.31. The van der Waals surface area contributed by atoms with Gasteiger partial charge in [0.05, 0.1) is 19.6 Å². The predicted molar refractivity (Wildman–Crippen MR) is 94.1 cm³/mol. The maximum atomic E-state index is 8.90. The first kappa shape index (κ1) is 10.9. The SMILES string of the molecule is [2H][C@H]1c2c(ccc(OC)c2OC([2H])([2H])[2H])C=C2c3cc4c(cc3CCN21)OCO4. The Balaban J connectivity index is 1.67. The van der Waals surface area contributed by atoms with Crippen molar-refractivity contribution in [1.82, 2.24) is 4.90 Å². The third kappa shape index (κ3) is 2.08. The van der Waals surface area contributed by atoms with Gasteiger partial charge in [-0.25, -0.2) is 0 Å². The lowest BCUT2D eigenvalue weighted by molar-refractivity contribution is 0.174. The molecule has 0 bridgehead atoms. The maximum absolute atomic E-state index is 8.90. The average molecular weight is 341 g/mol. The minimum Gasteiger partial charge on any atom is -0.493 e. The Kier molecular flexibility index (Phi) is 2.33. The monoisotopic (exact) mass is 341 g/mol. The van der Waals surface area contributed by atoms with Gasteiger partial charge in [-0.1, -0.05) is 6.07 Å². The molecule has 0 saturated carbocycles. The van der Waals surface area contributed by atoms with E-state index in [1.54, 1.807) is 6.07 Å². The molecule has 0 spiro atoms. The molecule has 0 aliphatic carbocycles. The molecule has 0 unspecified atom stereocenters. The van der Waals surface area contributed by atoms with E-state index < -0.39 is 13.6 Å². The van der Waals surface area contributed by atoms with E-state index in [4.69, 9.17) is 24.4 Å². The number of benzene rings is 2. The van der Waals surface area contributed by atoms with Crippen LogP contribution in [0.4, 0.5) is 0 Å². The number of hydrogen-bond acceptors (Lipinski definition) is 5. The Bertz CT molecular complexity index is 1030. The summed E-state index contributed by atoms with van der Waals surface area (Å²) in [4.78, 5) is 1.94. The van der Waals surface area contributed by atoms with E-state index in [1.165, 1.54) is 7.11 Å². The summed E-state index contributed by atoms with van der Waals surface area (Å²) in [5.74, 6) is 1.83. The standard InChI is InChI=1S/C20H19NO4/c1-22-17-4-3-12-7-16-14-9-19-18(24-11-25-19)8-13(14)5-6-21(16)10-15(12)20(17)23-2/h3-4,7-9H,5-6,10-11H2,1-2H3/i2D3,10D/t10-/m0/s1. The highest BCUT2D eigenvalue weighted by molar-refractivity contribution is 5.87. The molecule has 0 fully saturated rings. The lowest BCUT2D eigenvalue weighted by Gasteiger charge is -2.37. The van der Waals surface area contributed by atoms with Gasteiger partial charge in [0.1, 0.15) is 0 Å². The maximum Gasteiger partial charge on any atom is 0.231 e. The van der Waals surface area contributed by atoms with Crippen molar-refractivity contribution in [2.75, 3.05) is 27.5 Å². The summed E-state index contributed by atoms with van der Waals surface area (Å²) in [6.45, 7) is 0.00724. The van der Waals surface area contributed by atoms with Crippen LogP contribution in [0, 0.1) is 0 Å². The molecule has 2 aromatic carbocycles. The summed E-state index contributed by atoms with van der Waals surface area (Å²) in [6, 6.07) is 7.45. The Morgan fingerprint density at radius 2 is 2.08 bits per heavy atom. The van der Waals surface area contributed by atoms with E-state index in [-0.39, 0.29) is 12.5 Å².